The summed E-state index contributed by atoms with van der Waals surface area (Å²) in [5, 5.41) is 7.70. The topological polar surface area (TPSA) is 83.6 Å². The van der Waals surface area contributed by atoms with Gasteiger partial charge in [0.2, 0.25) is 11.8 Å². The van der Waals surface area contributed by atoms with Gasteiger partial charge in [0.25, 0.3) is 0 Å². The Labute approximate surface area is 175 Å². The van der Waals surface area contributed by atoms with E-state index in [1.54, 1.807) is 6.20 Å². The van der Waals surface area contributed by atoms with Crippen LogP contribution < -0.4 is 15.5 Å². The molecule has 1 fully saturated rings. The zero-order valence-electron chi connectivity index (χ0n) is 17.1. The lowest BCUT2D eigenvalue weighted by Gasteiger charge is -2.36. The van der Waals surface area contributed by atoms with Crippen molar-refractivity contribution < 1.29 is 14.3 Å². The molecule has 0 aliphatic carbocycles. The van der Waals surface area contributed by atoms with Gasteiger partial charge in [-0.05, 0) is 36.9 Å². The van der Waals surface area contributed by atoms with Crippen LogP contribution >= 0.6 is 11.3 Å². The van der Waals surface area contributed by atoms with Gasteiger partial charge in [0.05, 0.1) is 24.7 Å². The summed E-state index contributed by atoms with van der Waals surface area (Å²) in [5.41, 5.74) is 0.934. The minimum absolute atomic E-state index is 0.114. The van der Waals surface area contributed by atoms with Gasteiger partial charge in [0.1, 0.15) is 5.82 Å². The lowest BCUT2D eigenvalue weighted by molar-refractivity contribution is -0.122. The number of anilines is 1. The third-order valence-electron chi connectivity index (χ3n) is 4.70. The number of nitrogens with one attached hydrogen (secondary N) is 2. The quantitative estimate of drug-likeness (QED) is 0.725. The summed E-state index contributed by atoms with van der Waals surface area (Å²) < 4.78 is 5.77. The summed E-state index contributed by atoms with van der Waals surface area (Å²) in [6.07, 6.45) is 2.36. The van der Waals surface area contributed by atoms with Crippen molar-refractivity contribution in [3.05, 3.63) is 46.3 Å². The van der Waals surface area contributed by atoms with E-state index in [4.69, 9.17) is 4.74 Å². The first-order valence-corrected chi connectivity index (χ1v) is 10.7. The summed E-state index contributed by atoms with van der Waals surface area (Å²) in [6.45, 7) is 7.64. The van der Waals surface area contributed by atoms with Gasteiger partial charge in [-0.3, -0.25) is 9.59 Å². The predicted octanol–water partition coefficient (Wildman–Crippen LogP) is 2.64. The maximum atomic E-state index is 12.4. The van der Waals surface area contributed by atoms with Gasteiger partial charge >= 0.3 is 0 Å². The molecule has 29 heavy (non-hydrogen) atoms. The Morgan fingerprint density at radius 3 is 2.62 bits per heavy atom. The van der Waals surface area contributed by atoms with Crippen molar-refractivity contribution in [2.75, 3.05) is 18.0 Å². The zero-order valence-corrected chi connectivity index (χ0v) is 17.9. The number of thiophene rings is 1. The molecule has 0 bridgehead atoms. The van der Waals surface area contributed by atoms with E-state index >= 15 is 0 Å². The maximum Gasteiger partial charge on any atom is 0.222 e. The first kappa shape index (κ1) is 21.3. The molecule has 2 N–H and O–H groups in total. The highest BCUT2D eigenvalue weighted by molar-refractivity contribution is 7.10. The number of rotatable bonds is 7. The van der Waals surface area contributed by atoms with E-state index in [1.165, 1.54) is 18.3 Å². The standard InChI is InChI=1S/C21H28N4O3S/c1-14-12-25(13-15(2)28-14)20-7-6-17(10-22-20)11-23-21(27)9-18(24-16(3)26)19-5-4-8-29-19/h4-8,10,14-15,18H,9,11-13H2,1-3H3,(H,23,27)(H,24,26). The van der Waals surface area contributed by atoms with Crippen LogP contribution in [-0.4, -0.2) is 42.1 Å². The Bertz CT molecular complexity index is 800. The van der Waals surface area contributed by atoms with Crippen molar-refractivity contribution in [1.82, 2.24) is 15.6 Å². The van der Waals surface area contributed by atoms with Crippen LogP contribution in [0, 0.1) is 0 Å². The van der Waals surface area contributed by atoms with E-state index in [-0.39, 0.29) is 36.5 Å². The number of hydrogen-bond donors (Lipinski definition) is 2. The highest BCUT2D eigenvalue weighted by Gasteiger charge is 2.23. The first-order valence-electron chi connectivity index (χ1n) is 9.83. The summed E-state index contributed by atoms with van der Waals surface area (Å²) >= 11 is 1.53. The van der Waals surface area contributed by atoms with Crippen molar-refractivity contribution in [2.45, 2.75) is 52.0 Å². The molecule has 2 aromatic heterocycles. The Balaban J connectivity index is 1.52. The van der Waals surface area contributed by atoms with Crippen molar-refractivity contribution in [1.29, 1.82) is 0 Å². The van der Waals surface area contributed by atoms with Crippen LogP contribution in [0.1, 0.15) is 43.7 Å². The Morgan fingerprint density at radius 1 is 1.28 bits per heavy atom. The molecule has 0 spiro atoms. The van der Waals surface area contributed by atoms with E-state index in [0.717, 1.165) is 29.3 Å². The summed E-state index contributed by atoms with van der Waals surface area (Å²) in [5.74, 6) is 0.658. The number of ether oxygens (including phenoxy) is 1. The van der Waals surface area contributed by atoms with Crippen molar-refractivity contribution in [2.24, 2.45) is 0 Å². The van der Waals surface area contributed by atoms with Crippen LogP contribution in [0.15, 0.2) is 35.8 Å². The van der Waals surface area contributed by atoms with Gasteiger partial charge in [-0.1, -0.05) is 12.1 Å². The van der Waals surface area contributed by atoms with Gasteiger partial charge in [-0.25, -0.2) is 4.98 Å². The highest BCUT2D eigenvalue weighted by atomic mass is 32.1. The zero-order chi connectivity index (χ0) is 20.8. The Hall–Kier alpha value is -2.45. The number of aromatic nitrogens is 1. The molecule has 0 radical (unpaired) electrons. The third kappa shape index (κ3) is 6.27. The normalized spacial score (nSPS) is 20.2. The molecular formula is C21H28N4O3S. The minimum atomic E-state index is -0.307. The number of hydrogen-bond acceptors (Lipinski definition) is 6. The fraction of sp³-hybridized carbons (Fsp3) is 0.476. The van der Waals surface area contributed by atoms with E-state index < -0.39 is 0 Å². The second kappa shape index (κ2) is 9.84. The van der Waals surface area contributed by atoms with E-state index in [0.29, 0.717) is 6.54 Å². The summed E-state index contributed by atoms with van der Waals surface area (Å²) in [4.78, 5) is 31.6. The number of pyridine rings is 1. The number of carbonyl (C=O) groups excluding carboxylic acids is 2. The van der Waals surface area contributed by atoms with Gasteiger partial charge in [-0.2, -0.15) is 0 Å². The maximum absolute atomic E-state index is 12.4. The molecule has 3 atom stereocenters. The van der Waals surface area contributed by atoms with Crippen LogP contribution in [0.2, 0.25) is 0 Å². The number of nitrogens with zero attached hydrogens (tertiary/aromatic N) is 2. The molecule has 2 amide bonds. The second-order valence-corrected chi connectivity index (χ2v) is 8.42. The fourth-order valence-corrected chi connectivity index (χ4v) is 4.27. The van der Waals surface area contributed by atoms with Crippen LogP contribution in [-0.2, 0) is 20.9 Å². The largest absolute Gasteiger partial charge is 0.372 e. The molecule has 1 aliphatic heterocycles. The monoisotopic (exact) mass is 416 g/mol. The molecule has 3 heterocycles. The Kier molecular flexibility index (Phi) is 7.22. The number of morpholine rings is 1. The second-order valence-electron chi connectivity index (χ2n) is 7.44. The molecular weight excluding hydrogens is 388 g/mol. The van der Waals surface area contributed by atoms with E-state index in [1.807, 2.05) is 29.6 Å². The molecule has 7 nitrogen and oxygen atoms in total. The lowest BCUT2D eigenvalue weighted by Crippen LogP contribution is -2.45. The molecule has 1 aliphatic rings. The van der Waals surface area contributed by atoms with Crippen molar-refractivity contribution >= 4 is 29.0 Å². The number of amides is 2. The molecule has 3 rings (SSSR count). The summed E-state index contributed by atoms with van der Waals surface area (Å²) in [6, 6.07) is 7.50. The van der Waals surface area contributed by atoms with Crippen molar-refractivity contribution in [3.8, 4) is 0 Å². The molecule has 2 aromatic rings. The average molecular weight is 417 g/mol. The van der Waals surface area contributed by atoms with Crippen molar-refractivity contribution in [3.63, 3.8) is 0 Å². The highest BCUT2D eigenvalue weighted by Crippen LogP contribution is 2.22. The molecule has 8 heteroatoms. The van der Waals surface area contributed by atoms with Gasteiger partial charge < -0.3 is 20.3 Å². The molecule has 0 saturated carbocycles. The fourth-order valence-electron chi connectivity index (χ4n) is 3.49. The van der Waals surface area contributed by atoms with Crippen LogP contribution in [0.3, 0.4) is 0 Å². The van der Waals surface area contributed by atoms with Gasteiger partial charge in [0, 0.05) is 37.6 Å². The number of carbonyl (C=O) groups is 2. The SMILES string of the molecule is CC(=O)NC(CC(=O)NCc1ccc(N2CC(C)OC(C)C2)nc1)c1cccs1. The van der Waals surface area contributed by atoms with Gasteiger partial charge in [0.15, 0.2) is 0 Å². The predicted molar refractivity (Wildman–Crippen MR) is 114 cm³/mol. The van der Waals surface area contributed by atoms with Crippen LogP contribution in [0.25, 0.3) is 0 Å². The Morgan fingerprint density at radius 2 is 2.03 bits per heavy atom. The third-order valence-corrected chi connectivity index (χ3v) is 5.68. The molecule has 3 unspecified atom stereocenters. The van der Waals surface area contributed by atoms with Crippen LogP contribution in [0.4, 0.5) is 5.82 Å². The molecule has 156 valence electrons. The molecule has 1 saturated heterocycles. The van der Waals surface area contributed by atoms with E-state index in [2.05, 4.69) is 34.4 Å². The van der Waals surface area contributed by atoms with Crippen LogP contribution in [0.5, 0.6) is 0 Å². The average Bonchev–Trinajstić information content (AvgIpc) is 3.20. The lowest BCUT2D eigenvalue weighted by atomic mass is 10.1. The molecule has 0 aromatic carbocycles. The minimum Gasteiger partial charge on any atom is -0.372 e. The van der Waals surface area contributed by atoms with Gasteiger partial charge in [-0.15, -0.1) is 11.3 Å². The smallest absolute Gasteiger partial charge is 0.222 e. The summed E-state index contributed by atoms with van der Waals surface area (Å²) in [7, 11) is 0. The van der Waals surface area contributed by atoms with E-state index in [9.17, 15) is 9.59 Å². The first-order chi connectivity index (χ1) is 13.9.